The Morgan fingerprint density at radius 1 is 1.12 bits per heavy atom. The van der Waals surface area contributed by atoms with Crippen LogP contribution in [0.5, 0.6) is 5.75 Å². The Hall–Kier alpha value is -2.55. The lowest BCUT2D eigenvalue weighted by atomic mass is 9.70. The number of rotatable bonds is 2. The summed E-state index contributed by atoms with van der Waals surface area (Å²) in [5, 5.41) is 11.1. The topological polar surface area (TPSA) is 95.9 Å². The third-order valence-corrected chi connectivity index (χ3v) is 11.5. The number of allylic oxidation sites excluding steroid dienone is 1. The first-order valence-corrected chi connectivity index (χ1v) is 17.3. The van der Waals surface area contributed by atoms with Crippen molar-refractivity contribution in [2.45, 2.75) is 83.2 Å². The van der Waals surface area contributed by atoms with Crippen LogP contribution < -0.4 is 14.4 Å². The van der Waals surface area contributed by atoms with Gasteiger partial charge in [0.2, 0.25) is 10.0 Å². The first-order chi connectivity index (χ1) is 20.2. The Bertz CT molecular complexity index is 1410. The highest BCUT2D eigenvalue weighted by atomic mass is 35.5. The van der Waals surface area contributed by atoms with Crippen LogP contribution in [0, 0.1) is 17.8 Å². The molecule has 1 aliphatic carbocycles. The maximum atomic E-state index is 13.5. The van der Waals surface area contributed by atoms with E-state index in [9.17, 15) is 18.3 Å². The highest BCUT2D eigenvalue weighted by molar-refractivity contribution is 7.90. The van der Waals surface area contributed by atoms with Crippen LogP contribution in [-0.4, -0.2) is 43.9 Å². The van der Waals surface area contributed by atoms with Crippen molar-refractivity contribution >= 4 is 33.2 Å². The fourth-order valence-corrected chi connectivity index (χ4v) is 8.65. The van der Waals surface area contributed by atoms with Gasteiger partial charge in [-0.05, 0) is 104 Å². The molecule has 1 saturated carbocycles. The van der Waals surface area contributed by atoms with Gasteiger partial charge < -0.3 is 14.7 Å². The molecule has 1 amide bonds. The number of aryl methyl sites for hydroxylation is 1. The van der Waals surface area contributed by atoms with E-state index in [0.717, 1.165) is 56.4 Å². The van der Waals surface area contributed by atoms with E-state index in [2.05, 4.69) is 9.62 Å². The molecular formula is C33H43ClN2O5S. The minimum atomic E-state index is -3.93. The molecule has 42 heavy (non-hydrogen) atoms. The lowest BCUT2D eigenvalue weighted by Gasteiger charge is -2.42. The molecule has 0 aromatic heterocycles. The van der Waals surface area contributed by atoms with Crippen LogP contribution in [0.4, 0.5) is 5.69 Å². The maximum Gasteiger partial charge on any atom is 0.264 e. The van der Waals surface area contributed by atoms with E-state index in [4.69, 9.17) is 16.3 Å². The lowest BCUT2D eigenvalue weighted by Crippen LogP contribution is -2.43. The zero-order valence-electron chi connectivity index (χ0n) is 24.6. The molecule has 2 bridgehead atoms. The number of aliphatic hydroxyl groups excluding tert-OH is 1. The van der Waals surface area contributed by atoms with Gasteiger partial charge in [-0.1, -0.05) is 50.1 Å². The molecule has 0 unspecified atom stereocenters. The summed E-state index contributed by atoms with van der Waals surface area (Å²) in [5.74, 6) is 0.250. The molecule has 2 aromatic rings. The average Bonchev–Trinajstić information content (AvgIpc) is 2.96. The molecule has 3 aliphatic rings. The summed E-state index contributed by atoms with van der Waals surface area (Å²) in [5.41, 5.74) is 3.31. The molecule has 2 heterocycles. The molecule has 5 rings (SSSR count). The molecule has 9 heteroatoms. The molecule has 2 aliphatic heterocycles. The van der Waals surface area contributed by atoms with Crippen LogP contribution >= 0.6 is 11.6 Å². The van der Waals surface area contributed by atoms with E-state index in [1.165, 1.54) is 5.56 Å². The lowest BCUT2D eigenvalue weighted by molar-refractivity contribution is 0.0461. The van der Waals surface area contributed by atoms with Gasteiger partial charge in [-0.3, -0.25) is 4.79 Å². The fourth-order valence-electron chi connectivity index (χ4n) is 6.65. The second-order valence-electron chi connectivity index (χ2n) is 12.2. The van der Waals surface area contributed by atoms with E-state index in [-0.39, 0.29) is 17.4 Å². The third kappa shape index (κ3) is 6.98. The van der Waals surface area contributed by atoms with E-state index in [1.807, 2.05) is 44.2 Å². The maximum absolute atomic E-state index is 13.5. The van der Waals surface area contributed by atoms with E-state index >= 15 is 0 Å². The number of sulfonamides is 1. The molecule has 0 saturated heterocycles. The number of anilines is 1. The number of amides is 1. The predicted molar refractivity (Wildman–Crippen MR) is 168 cm³/mol. The Morgan fingerprint density at radius 3 is 2.71 bits per heavy atom. The van der Waals surface area contributed by atoms with Gasteiger partial charge in [0.25, 0.3) is 5.91 Å². The van der Waals surface area contributed by atoms with E-state index < -0.39 is 27.3 Å². The van der Waals surface area contributed by atoms with Crippen molar-refractivity contribution in [1.29, 1.82) is 0 Å². The van der Waals surface area contributed by atoms with Crippen LogP contribution in [0.25, 0.3) is 0 Å². The first-order valence-electron chi connectivity index (χ1n) is 15.4. The summed E-state index contributed by atoms with van der Waals surface area (Å²) >= 11 is 6.31. The zero-order valence-corrected chi connectivity index (χ0v) is 26.2. The van der Waals surface area contributed by atoms with Crippen LogP contribution in [0.3, 0.4) is 0 Å². The summed E-state index contributed by atoms with van der Waals surface area (Å²) in [6, 6.07) is 11.1. The van der Waals surface area contributed by atoms with E-state index in [0.29, 0.717) is 42.6 Å². The number of halogens is 1. The number of nitrogens with one attached hydrogen (secondary N) is 1. The van der Waals surface area contributed by atoms with Crippen molar-refractivity contribution in [3.63, 3.8) is 0 Å². The Morgan fingerprint density at radius 2 is 1.95 bits per heavy atom. The fraction of sp³-hybridized carbons (Fsp3) is 0.545. The molecule has 0 spiro atoms. The number of nitrogens with zero attached hydrogens (tertiary/aromatic N) is 1. The second kappa shape index (κ2) is 13.4. The standard InChI is InChI=1S/C33H43ClN2O5S/c1-3-7-32-22(2)8-6-10-30(37)28-15-12-25(28)20-36-17-5-4-9-23-18-27(34)14-11-26(23)21-41-31-16-13-24(19-29(31)36)33(38)35-42(32,39)40/h6,10-11,13-14,16,18-19,22,25,28,30,32,37H,3-5,7-9,12,15,17,20-21H2,1-2H3,(H,35,38)/b10-6-/t22-,25+,28-,30+,32+/m1/s1. The summed E-state index contributed by atoms with van der Waals surface area (Å²) in [4.78, 5) is 15.7. The van der Waals surface area contributed by atoms with Crippen LogP contribution in [0.15, 0.2) is 48.6 Å². The van der Waals surface area contributed by atoms with Crippen molar-refractivity contribution in [2.75, 3.05) is 18.0 Å². The Balaban J connectivity index is 1.54. The van der Waals surface area contributed by atoms with Crippen LogP contribution in [0.2, 0.25) is 5.02 Å². The second-order valence-corrected chi connectivity index (χ2v) is 14.6. The van der Waals surface area contributed by atoms with E-state index in [1.54, 1.807) is 18.2 Å². The number of carbonyl (C=O) groups is 1. The minimum absolute atomic E-state index is 0.139. The zero-order chi connectivity index (χ0) is 29.9. The average molecular weight is 615 g/mol. The molecule has 2 N–H and O–H groups in total. The first kappa shape index (κ1) is 30.9. The van der Waals surface area contributed by atoms with Crippen molar-refractivity contribution < 1.29 is 23.1 Å². The third-order valence-electron chi connectivity index (χ3n) is 9.29. The highest BCUT2D eigenvalue weighted by Crippen LogP contribution is 2.41. The molecule has 7 nitrogen and oxygen atoms in total. The molecule has 2 aromatic carbocycles. The minimum Gasteiger partial charge on any atom is -0.487 e. The van der Waals surface area contributed by atoms with Crippen molar-refractivity contribution in [3.05, 3.63) is 70.3 Å². The number of ether oxygens (including phenoxy) is 1. The van der Waals surface area contributed by atoms with Gasteiger partial charge in [0.05, 0.1) is 17.0 Å². The monoisotopic (exact) mass is 614 g/mol. The number of aliphatic hydroxyl groups is 1. The van der Waals surface area contributed by atoms with Crippen LogP contribution in [0.1, 0.15) is 80.3 Å². The van der Waals surface area contributed by atoms with Crippen molar-refractivity contribution in [3.8, 4) is 5.75 Å². The molecule has 0 radical (unpaired) electrons. The summed E-state index contributed by atoms with van der Waals surface area (Å²) < 4.78 is 35.7. The molecule has 228 valence electrons. The SMILES string of the molecule is CCC[C@H]1[C@H](C)C/C=C\[C@H](O)[C@@H]2CC[C@H]2CN2CCCCc3cc(Cl)ccc3COc3ccc(cc32)C(=O)NS1(=O)=O. The number of hydrogen-bond donors (Lipinski definition) is 2. The summed E-state index contributed by atoms with van der Waals surface area (Å²) in [6.07, 6.45) is 9.60. The van der Waals surface area contributed by atoms with Crippen molar-refractivity contribution in [1.82, 2.24) is 4.72 Å². The Kier molecular flexibility index (Phi) is 9.85. The normalized spacial score (nSPS) is 29.0. The van der Waals surface area contributed by atoms with Gasteiger partial charge in [0, 0.05) is 23.7 Å². The van der Waals surface area contributed by atoms with Gasteiger partial charge in [0.1, 0.15) is 12.4 Å². The smallest absolute Gasteiger partial charge is 0.264 e. The van der Waals surface area contributed by atoms with Gasteiger partial charge in [-0.2, -0.15) is 0 Å². The number of hydrogen-bond acceptors (Lipinski definition) is 6. The quantitative estimate of drug-likeness (QED) is 0.387. The van der Waals surface area contributed by atoms with Crippen LogP contribution in [-0.2, 0) is 23.1 Å². The van der Waals surface area contributed by atoms with Gasteiger partial charge in [-0.15, -0.1) is 0 Å². The molecule has 1 fully saturated rings. The summed E-state index contributed by atoms with van der Waals surface area (Å²) in [7, 11) is -3.93. The number of fused-ring (bicyclic) bond motifs is 3. The van der Waals surface area contributed by atoms with Gasteiger partial charge >= 0.3 is 0 Å². The van der Waals surface area contributed by atoms with Gasteiger partial charge in [0.15, 0.2) is 0 Å². The van der Waals surface area contributed by atoms with Gasteiger partial charge in [-0.25, -0.2) is 13.1 Å². The molecular weight excluding hydrogens is 572 g/mol. The Labute approximate surface area is 255 Å². The van der Waals surface area contributed by atoms with Crippen molar-refractivity contribution in [2.24, 2.45) is 17.8 Å². The highest BCUT2D eigenvalue weighted by Gasteiger charge is 2.37. The summed E-state index contributed by atoms with van der Waals surface area (Å²) in [6.45, 7) is 5.68. The number of carbonyl (C=O) groups excluding carboxylic acids is 1. The molecule has 5 atom stereocenters. The number of benzene rings is 2. The predicted octanol–water partition coefficient (Wildman–Crippen LogP) is 6.27. The largest absolute Gasteiger partial charge is 0.487 e.